The van der Waals surface area contributed by atoms with Crippen LogP contribution in [0.25, 0.3) is 11.1 Å². The molecular weight excluding hydrogens is 385 g/mol. The van der Waals surface area contributed by atoms with E-state index in [0.717, 1.165) is 16.7 Å². The van der Waals surface area contributed by atoms with Crippen LogP contribution in [-0.2, 0) is 15.1 Å². The van der Waals surface area contributed by atoms with Gasteiger partial charge in [0, 0.05) is 21.3 Å². The fourth-order valence-corrected chi connectivity index (χ4v) is 4.05. The Morgan fingerprint density at radius 3 is 2.52 bits per heavy atom. The zero-order valence-corrected chi connectivity index (χ0v) is 16.1. The van der Waals surface area contributed by atoms with Gasteiger partial charge in [0.25, 0.3) is 0 Å². The third-order valence-electron chi connectivity index (χ3n) is 4.79. The number of furan rings is 1. The summed E-state index contributed by atoms with van der Waals surface area (Å²) in [5, 5.41) is 4.04. The van der Waals surface area contributed by atoms with Crippen LogP contribution in [0.2, 0.25) is 10.0 Å². The summed E-state index contributed by atoms with van der Waals surface area (Å²) in [5.41, 5.74) is 2.47. The molecule has 6 heteroatoms. The van der Waals surface area contributed by atoms with Crippen molar-refractivity contribution in [3.8, 4) is 11.1 Å². The summed E-state index contributed by atoms with van der Waals surface area (Å²) in [5.74, 6) is 0.459. The number of amides is 1. The van der Waals surface area contributed by atoms with Crippen molar-refractivity contribution in [1.29, 1.82) is 0 Å². The molecule has 0 spiro atoms. The molecule has 2 aromatic carbocycles. The molecule has 4 nitrogen and oxygen atoms in total. The number of halogens is 2. The number of benzene rings is 2. The molecule has 1 amide bonds. The lowest BCUT2D eigenvalue weighted by molar-refractivity contribution is -0.126. The predicted molar refractivity (Wildman–Crippen MR) is 106 cm³/mol. The minimum atomic E-state index is -0.865. The van der Waals surface area contributed by atoms with Crippen molar-refractivity contribution in [3.05, 3.63) is 76.2 Å². The van der Waals surface area contributed by atoms with E-state index in [-0.39, 0.29) is 12.5 Å². The number of rotatable bonds is 3. The molecule has 1 atom stereocenters. The number of hydrogen-bond acceptors (Lipinski definition) is 3. The monoisotopic (exact) mass is 401 g/mol. The summed E-state index contributed by atoms with van der Waals surface area (Å²) in [6, 6.07) is 14.9. The SMILES string of the molecule is CCC1(c2ccco2)OCC(=O)Nc2ccc(-c3cc(Cl)cc(Cl)c3)cc21. The Morgan fingerprint density at radius 2 is 1.85 bits per heavy atom. The Hall–Kier alpha value is -2.27. The van der Waals surface area contributed by atoms with Crippen molar-refractivity contribution in [3.63, 3.8) is 0 Å². The van der Waals surface area contributed by atoms with Crippen LogP contribution in [-0.4, -0.2) is 12.5 Å². The smallest absolute Gasteiger partial charge is 0.250 e. The van der Waals surface area contributed by atoms with E-state index in [4.69, 9.17) is 32.4 Å². The minimum absolute atomic E-state index is 0.0540. The molecule has 0 radical (unpaired) electrons. The van der Waals surface area contributed by atoms with Gasteiger partial charge in [0.2, 0.25) is 5.91 Å². The first-order chi connectivity index (χ1) is 13.0. The topological polar surface area (TPSA) is 51.5 Å². The van der Waals surface area contributed by atoms with E-state index in [0.29, 0.717) is 27.9 Å². The quantitative estimate of drug-likeness (QED) is 0.596. The van der Waals surface area contributed by atoms with Gasteiger partial charge in [0.15, 0.2) is 5.60 Å². The van der Waals surface area contributed by atoms with Crippen LogP contribution in [0.5, 0.6) is 0 Å². The predicted octanol–water partition coefficient (Wildman–Crippen LogP) is 5.88. The molecule has 1 N–H and O–H groups in total. The molecular formula is C21H17Cl2NO3. The number of ether oxygens (including phenoxy) is 1. The van der Waals surface area contributed by atoms with Gasteiger partial charge in [0.1, 0.15) is 12.4 Å². The van der Waals surface area contributed by atoms with E-state index >= 15 is 0 Å². The summed E-state index contributed by atoms with van der Waals surface area (Å²) < 4.78 is 11.8. The summed E-state index contributed by atoms with van der Waals surface area (Å²) in [4.78, 5) is 12.2. The van der Waals surface area contributed by atoms with Crippen molar-refractivity contribution < 1.29 is 13.9 Å². The third-order valence-corrected chi connectivity index (χ3v) is 5.23. The molecule has 0 saturated carbocycles. The number of fused-ring (bicyclic) bond motifs is 1. The average Bonchev–Trinajstić information content (AvgIpc) is 3.13. The van der Waals surface area contributed by atoms with Crippen molar-refractivity contribution in [1.82, 2.24) is 0 Å². The summed E-state index contributed by atoms with van der Waals surface area (Å²) >= 11 is 12.3. The van der Waals surface area contributed by atoms with Crippen LogP contribution in [0.15, 0.2) is 59.2 Å². The second-order valence-corrected chi connectivity index (χ2v) is 7.29. The highest BCUT2D eigenvalue weighted by Crippen LogP contribution is 2.44. The normalized spacial score (nSPS) is 19.3. The van der Waals surface area contributed by atoms with Crippen molar-refractivity contribution in [2.24, 2.45) is 0 Å². The maximum atomic E-state index is 12.2. The highest BCUT2D eigenvalue weighted by molar-refractivity contribution is 6.35. The number of anilines is 1. The average molecular weight is 402 g/mol. The Bertz CT molecular complexity index is 980. The maximum absolute atomic E-state index is 12.2. The highest BCUT2D eigenvalue weighted by Gasteiger charge is 2.41. The summed E-state index contributed by atoms with van der Waals surface area (Å²) in [6.45, 7) is 1.95. The zero-order valence-electron chi connectivity index (χ0n) is 14.6. The van der Waals surface area contributed by atoms with Crippen LogP contribution >= 0.6 is 23.2 Å². The molecule has 0 aliphatic carbocycles. The van der Waals surface area contributed by atoms with Gasteiger partial charge in [0.05, 0.1) is 6.26 Å². The molecule has 4 rings (SSSR count). The van der Waals surface area contributed by atoms with Gasteiger partial charge in [-0.2, -0.15) is 0 Å². The first-order valence-corrected chi connectivity index (χ1v) is 9.36. The Morgan fingerprint density at radius 1 is 1.07 bits per heavy atom. The summed E-state index contributed by atoms with van der Waals surface area (Å²) in [6.07, 6.45) is 2.21. The molecule has 0 bridgehead atoms. The van der Waals surface area contributed by atoms with Crippen LogP contribution in [0, 0.1) is 0 Å². The van der Waals surface area contributed by atoms with Crippen molar-refractivity contribution in [2.45, 2.75) is 18.9 Å². The Balaban J connectivity index is 1.94. The fraction of sp³-hybridized carbons (Fsp3) is 0.190. The Kier molecular flexibility index (Phi) is 4.72. The third kappa shape index (κ3) is 3.25. The molecule has 0 fully saturated rings. The van der Waals surface area contributed by atoms with E-state index in [1.807, 2.05) is 49.4 Å². The first-order valence-electron chi connectivity index (χ1n) is 8.60. The van der Waals surface area contributed by atoms with Crippen LogP contribution < -0.4 is 5.32 Å². The lowest BCUT2D eigenvalue weighted by Gasteiger charge is -2.31. The highest BCUT2D eigenvalue weighted by atomic mass is 35.5. The molecule has 0 saturated heterocycles. The lowest BCUT2D eigenvalue weighted by atomic mass is 9.85. The van der Waals surface area contributed by atoms with E-state index in [1.165, 1.54) is 0 Å². The van der Waals surface area contributed by atoms with Gasteiger partial charge in [-0.3, -0.25) is 4.79 Å². The Labute approximate surface area is 167 Å². The van der Waals surface area contributed by atoms with E-state index in [1.54, 1.807) is 12.3 Å². The molecule has 138 valence electrons. The van der Waals surface area contributed by atoms with Gasteiger partial charge < -0.3 is 14.5 Å². The lowest BCUT2D eigenvalue weighted by Crippen LogP contribution is -2.30. The largest absolute Gasteiger partial charge is 0.466 e. The molecule has 2 heterocycles. The number of hydrogen-bond donors (Lipinski definition) is 1. The second-order valence-electron chi connectivity index (χ2n) is 6.41. The van der Waals surface area contributed by atoms with E-state index in [9.17, 15) is 4.79 Å². The van der Waals surface area contributed by atoms with Crippen LogP contribution in [0.3, 0.4) is 0 Å². The molecule has 3 aromatic rings. The second kappa shape index (κ2) is 7.04. The van der Waals surface area contributed by atoms with Gasteiger partial charge in [-0.25, -0.2) is 0 Å². The molecule has 1 unspecified atom stereocenters. The van der Waals surface area contributed by atoms with Gasteiger partial charge in [-0.15, -0.1) is 0 Å². The van der Waals surface area contributed by atoms with Crippen molar-refractivity contribution >= 4 is 34.8 Å². The van der Waals surface area contributed by atoms with Crippen LogP contribution in [0.4, 0.5) is 5.69 Å². The standard InChI is InChI=1S/C21H17Cl2NO3/c1-2-21(19-4-3-7-26-19)17-10-13(14-8-15(22)11-16(23)9-14)5-6-18(17)24-20(25)12-27-21/h3-11H,2,12H2,1H3,(H,24,25). The molecule has 27 heavy (non-hydrogen) atoms. The number of carbonyl (C=O) groups is 1. The zero-order chi connectivity index (χ0) is 19.0. The van der Waals surface area contributed by atoms with Gasteiger partial charge >= 0.3 is 0 Å². The number of nitrogens with one attached hydrogen (secondary N) is 1. The molecule has 1 aliphatic heterocycles. The molecule has 1 aliphatic rings. The van der Waals surface area contributed by atoms with Crippen LogP contribution in [0.1, 0.15) is 24.7 Å². The van der Waals surface area contributed by atoms with E-state index in [2.05, 4.69) is 5.32 Å². The minimum Gasteiger partial charge on any atom is -0.466 e. The van der Waals surface area contributed by atoms with Gasteiger partial charge in [-0.05, 0) is 60.0 Å². The fourth-order valence-electron chi connectivity index (χ4n) is 3.52. The summed E-state index contributed by atoms with van der Waals surface area (Å²) in [7, 11) is 0. The maximum Gasteiger partial charge on any atom is 0.250 e. The van der Waals surface area contributed by atoms with E-state index < -0.39 is 5.60 Å². The molecule has 1 aromatic heterocycles. The van der Waals surface area contributed by atoms with Gasteiger partial charge in [-0.1, -0.05) is 36.2 Å². The number of carbonyl (C=O) groups excluding carboxylic acids is 1. The van der Waals surface area contributed by atoms with Crippen molar-refractivity contribution in [2.75, 3.05) is 11.9 Å². The first kappa shape index (κ1) is 18.1.